The van der Waals surface area contributed by atoms with E-state index in [0.717, 1.165) is 19.5 Å². The second-order valence-electron chi connectivity index (χ2n) is 6.36. The van der Waals surface area contributed by atoms with Crippen LogP contribution in [-0.4, -0.2) is 41.6 Å². The van der Waals surface area contributed by atoms with Crippen molar-refractivity contribution in [3.05, 3.63) is 22.4 Å². The monoisotopic (exact) mass is 351 g/mol. The lowest BCUT2D eigenvalue weighted by Gasteiger charge is -2.19. The molecule has 1 aromatic heterocycles. The van der Waals surface area contributed by atoms with Gasteiger partial charge in [0.25, 0.3) is 0 Å². The van der Waals surface area contributed by atoms with E-state index < -0.39 is 11.9 Å². The molecular weight excluding hydrogens is 326 g/mol. The van der Waals surface area contributed by atoms with Crippen molar-refractivity contribution >= 4 is 28.9 Å². The van der Waals surface area contributed by atoms with E-state index in [9.17, 15) is 14.4 Å². The molecule has 0 spiro atoms. The molecule has 2 rings (SSSR count). The number of hydrogen-bond donors (Lipinski definition) is 2. The van der Waals surface area contributed by atoms with Crippen molar-refractivity contribution in [1.29, 1.82) is 0 Å². The number of nitrogens with zero attached hydrogens (tertiary/aromatic N) is 1. The first-order valence-electron chi connectivity index (χ1n) is 8.32. The molecule has 2 atom stereocenters. The maximum Gasteiger partial charge on any atom is 0.220 e. The maximum atomic E-state index is 12.4. The molecule has 1 fully saturated rings. The molecule has 0 saturated carbocycles. The summed E-state index contributed by atoms with van der Waals surface area (Å²) in [6.07, 6.45) is 2.16. The molecule has 1 aliphatic heterocycles. The van der Waals surface area contributed by atoms with Crippen LogP contribution in [-0.2, 0) is 20.9 Å². The van der Waals surface area contributed by atoms with Crippen molar-refractivity contribution < 1.29 is 14.4 Å². The fraction of sp³-hybridized carbons (Fsp3) is 0.588. The van der Waals surface area contributed by atoms with E-state index in [1.165, 1.54) is 4.88 Å². The molecule has 6 nitrogen and oxygen atoms in total. The second kappa shape index (κ2) is 8.94. The summed E-state index contributed by atoms with van der Waals surface area (Å²) in [6, 6.07) is 3.66. The standard InChI is InChI=1S/C17H25N3O3S/c1-12(17(18)23)6-7-16(22)19-14-5-2-8-20(11-15(14)21)10-13-4-3-9-24-13/h3-4,9,12,14H,2,5-8,10-11H2,1H3,(H2,18,23)(H,19,22)/t12?,14-/m0/s1. The Morgan fingerprint density at radius 1 is 1.50 bits per heavy atom. The third-order valence-electron chi connectivity index (χ3n) is 4.32. The lowest BCUT2D eigenvalue weighted by atomic mass is 10.0. The van der Waals surface area contributed by atoms with E-state index in [2.05, 4.69) is 16.3 Å². The Hall–Kier alpha value is -1.73. The number of rotatable bonds is 7. The number of ketones is 1. The summed E-state index contributed by atoms with van der Waals surface area (Å²) in [5, 5.41) is 4.85. The van der Waals surface area contributed by atoms with Gasteiger partial charge in [-0.1, -0.05) is 13.0 Å². The molecule has 0 aromatic carbocycles. The van der Waals surface area contributed by atoms with E-state index in [1.54, 1.807) is 18.3 Å². The summed E-state index contributed by atoms with van der Waals surface area (Å²) in [7, 11) is 0. The zero-order chi connectivity index (χ0) is 17.5. The highest BCUT2D eigenvalue weighted by Crippen LogP contribution is 2.16. The Morgan fingerprint density at radius 3 is 2.96 bits per heavy atom. The fourth-order valence-corrected chi connectivity index (χ4v) is 3.50. The highest BCUT2D eigenvalue weighted by Gasteiger charge is 2.26. The van der Waals surface area contributed by atoms with Gasteiger partial charge >= 0.3 is 0 Å². The Balaban J connectivity index is 1.80. The molecule has 7 heteroatoms. The van der Waals surface area contributed by atoms with Crippen LogP contribution < -0.4 is 11.1 Å². The summed E-state index contributed by atoms with van der Waals surface area (Å²) in [4.78, 5) is 38.8. The quantitative estimate of drug-likeness (QED) is 0.774. The van der Waals surface area contributed by atoms with Crippen LogP contribution in [0.5, 0.6) is 0 Å². The second-order valence-corrected chi connectivity index (χ2v) is 7.39. The van der Waals surface area contributed by atoms with E-state index in [0.29, 0.717) is 19.4 Å². The molecule has 1 saturated heterocycles. The van der Waals surface area contributed by atoms with Gasteiger partial charge in [0.15, 0.2) is 5.78 Å². The number of nitrogens with one attached hydrogen (secondary N) is 1. The predicted octanol–water partition coefficient (Wildman–Crippen LogP) is 1.30. The van der Waals surface area contributed by atoms with E-state index in [1.807, 2.05) is 11.4 Å². The number of amides is 2. The van der Waals surface area contributed by atoms with Gasteiger partial charge in [0.2, 0.25) is 11.8 Å². The Kier molecular flexibility index (Phi) is 6.93. The largest absolute Gasteiger partial charge is 0.369 e. The first-order chi connectivity index (χ1) is 11.5. The molecule has 132 valence electrons. The molecule has 1 aromatic rings. The molecule has 24 heavy (non-hydrogen) atoms. The summed E-state index contributed by atoms with van der Waals surface area (Å²) < 4.78 is 0. The number of nitrogens with two attached hydrogens (primary N) is 1. The van der Waals surface area contributed by atoms with E-state index in [4.69, 9.17) is 5.73 Å². The first-order valence-corrected chi connectivity index (χ1v) is 9.20. The molecule has 2 amide bonds. The zero-order valence-corrected chi connectivity index (χ0v) is 14.8. The van der Waals surface area contributed by atoms with Crippen LogP contribution in [0.2, 0.25) is 0 Å². The van der Waals surface area contributed by atoms with Crippen LogP contribution >= 0.6 is 11.3 Å². The number of thiophene rings is 1. The van der Waals surface area contributed by atoms with Crippen molar-refractivity contribution in [1.82, 2.24) is 10.2 Å². The number of primary amides is 1. The highest BCUT2D eigenvalue weighted by molar-refractivity contribution is 7.09. The van der Waals surface area contributed by atoms with Crippen LogP contribution in [0.3, 0.4) is 0 Å². The Bertz CT molecular complexity index is 574. The average Bonchev–Trinajstić information content (AvgIpc) is 2.97. The third kappa shape index (κ3) is 5.72. The molecular formula is C17H25N3O3S. The minimum Gasteiger partial charge on any atom is -0.369 e. The van der Waals surface area contributed by atoms with Gasteiger partial charge in [-0.25, -0.2) is 0 Å². The number of carbonyl (C=O) groups is 3. The maximum absolute atomic E-state index is 12.4. The molecule has 3 N–H and O–H groups in total. The van der Waals surface area contributed by atoms with Crippen LogP contribution in [0.25, 0.3) is 0 Å². The van der Waals surface area contributed by atoms with Gasteiger partial charge in [0.1, 0.15) is 0 Å². The predicted molar refractivity (Wildman–Crippen MR) is 93.4 cm³/mol. The van der Waals surface area contributed by atoms with Crippen molar-refractivity contribution in [3.63, 3.8) is 0 Å². The van der Waals surface area contributed by atoms with Gasteiger partial charge in [-0.2, -0.15) is 0 Å². The summed E-state index contributed by atoms with van der Waals surface area (Å²) in [5.74, 6) is -0.868. The van der Waals surface area contributed by atoms with Crippen LogP contribution in [0.4, 0.5) is 0 Å². The van der Waals surface area contributed by atoms with Gasteiger partial charge in [-0.15, -0.1) is 11.3 Å². The van der Waals surface area contributed by atoms with Crippen LogP contribution in [0.1, 0.15) is 37.5 Å². The van der Waals surface area contributed by atoms with E-state index >= 15 is 0 Å². The third-order valence-corrected chi connectivity index (χ3v) is 5.18. The summed E-state index contributed by atoms with van der Waals surface area (Å²) >= 11 is 1.69. The van der Waals surface area contributed by atoms with Crippen molar-refractivity contribution in [2.75, 3.05) is 13.1 Å². The zero-order valence-electron chi connectivity index (χ0n) is 14.0. The molecule has 1 aliphatic rings. The first kappa shape index (κ1) is 18.6. The van der Waals surface area contributed by atoms with Gasteiger partial charge in [0, 0.05) is 23.8 Å². The van der Waals surface area contributed by atoms with Crippen molar-refractivity contribution in [2.45, 2.75) is 45.2 Å². The SMILES string of the molecule is CC(CCC(=O)N[C@H]1CCCN(Cc2cccs2)CC1=O)C(N)=O. The van der Waals surface area contributed by atoms with Crippen molar-refractivity contribution in [3.8, 4) is 0 Å². The normalized spacial score (nSPS) is 20.4. The Labute approximate surface area is 146 Å². The highest BCUT2D eigenvalue weighted by atomic mass is 32.1. The molecule has 0 bridgehead atoms. The van der Waals surface area contributed by atoms with Gasteiger partial charge in [-0.3, -0.25) is 19.3 Å². The van der Waals surface area contributed by atoms with Crippen molar-refractivity contribution in [2.24, 2.45) is 11.7 Å². The Morgan fingerprint density at radius 2 is 2.29 bits per heavy atom. The van der Waals surface area contributed by atoms with Gasteiger partial charge in [0.05, 0.1) is 12.6 Å². The average molecular weight is 351 g/mol. The molecule has 0 aliphatic carbocycles. The molecule has 1 unspecified atom stereocenters. The van der Waals surface area contributed by atoms with Crippen LogP contribution in [0, 0.1) is 5.92 Å². The summed E-state index contributed by atoms with van der Waals surface area (Å²) in [5.41, 5.74) is 5.19. The van der Waals surface area contributed by atoms with Crippen LogP contribution in [0.15, 0.2) is 17.5 Å². The van der Waals surface area contributed by atoms with Gasteiger partial charge < -0.3 is 11.1 Å². The lowest BCUT2D eigenvalue weighted by Crippen LogP contribution is -2.43. The minimum absolute atomic E-state index is 0.0559. The lowest BCUT2D eigenvalue weighted by molar-refractivity contribution is -0.128. The number of Topliss-reactive ketones (excluding diaryl/α,β-unsaturated/α-hetero) is 1. The van der Waals surface area contributed by atoms with Gasteiger partial charge in [-0.05, 0) is 37.3 Å². The molecule has 0 radical (unpaired) electrons. The molecule has 2 heterocycles. The number of likely N-dealkylation sites (tertiary alicyclic amines) is 1. The smallest absolute Gasteiger partial charge is 0.220 e. The van der Waals surface area contributed by atoms with E-state index in [-0.39, 0.29) is 24.0 Å². The topological polar surface area (TPSA) is 92.5 Å². The summed E-state index contributed by atoms with van der Waals surface area (Å²) in [6.45, 7) is 3.70. The number of carbonyl (C=O) groups excluding carboxylic acids is 3. The minimum atomic E-state index is -0.422. The fourth-order valence-electron chi connectivity index (χ4n) is 2.76. The number of hydrogen-bond acceptors (Lipinski definition) is 5.